The quantitative estimate of drug-likeness (QED) is 0.173. The Morgan fingerprint density at radius 2 is 0.821 bits per heavy atom. The fourth-order valence-corrected chi connectivity index (χ4v) is 2.56. The molecule has 13 heteroatoms. The molecule has 0 aromatic carbocycles. The molecule has 164 valence electrons. The van der Waals surface area contributed by atoms with E-state index in [9.17, 15) is 29.7 Å². The molecule has 0 aliphatic carbocycles. The number of rotatable bonds is 12. The predicted molar refractivity (Wildman–Crippen MR) is 114 cm³/mol. The number of carbonyl (C=O) groups excluding carboxylic acids is 3. The maximum absolute atomic E-state index is 9.96. The third kappa shape index (κ3) is 28.4. The summed E-state index contributed by atoms with van der Waals surface area (Å²) in [5.74, 6) is -1.17. The van der Waals surface area contributed by atoms with Crippen molar-refractivity contribution in [2.45, 2.75) is 37.4 Å². The van der Waals surface area contributed by atoms with E-state index in [2.05, 4.69) is 0 Å². The molecule has 0 aliphatic rings. The van der Waals surface area contributed by atoms with Crippen LogP contribution in [0, 0.1) is 0 Å². The van der Waals surface area contributed by atoms with Gasteiger partial charge >= 0.3 is 26.2 Å². The second-order valence-corrected chi connectivity index (χ2v) is 8.08. The van der Waals surface area contributed by atoms with Crippen LogP contribution in [0.5, 0.6) is 0 Å². The van der Waals surface area contributed by atoms with Crippen LogP contribution in [0.15, 0.2) is 0 Å². The van der Waals surface area contributed by atoms with Crippen molar-refractivity contribution in [1.29, 1.82) is 0 Å². The van der Waals surface area contributed by atoms with Crippen LogP contribution in [0.3, 0.4) is 0 Å². The average molecular weight is 654 g/mol. The third-order valence-corrected chi connectivity index (χ3v) is 4.74. The van der Waals surface area contributed by atoms with Gasteiger partial charge in [0.05, 0.1) is 17.9 Å². The van der Waals surface area contributed by atoms with E-state index in [1.807, 2.05) is 18.8 Å². The summed E-state index contributed by atoms with van der Waals surface area (Å²) < 4.78 is 0. The molecule has 0 aliphatic heterocycles. The van der Waals surface area contributed by atoms with Gasteiger partial charge in [-0.15, -0.1) is 0 Å². The fraction of sp³-hybridized carbons (Fsp3) is 0.800. The predicted octanol–water partition coefficient (Wildman–Crippen LogP) is -3.93. The van der Waals surface area contributed by atoms with Gasteiger partial charge < -0.3 is 46.9 Å². The molecule has 9 nitrogen and oxygen atoms in total. The monoisotopic (exact) mass is 653 g/mol. The Kier molecular flexibility index (Phi) is 32.2. The maximum Gasteiger partial charge on any atom is 3.00 e. The molecule has 0 bridgehead atoms. The van der Waals surface area contributed by atoms with Crippen LogP contribution in [0.2, 0.25) is 0 Å². The molecule has 0 spiro atoms. The summed E-state index contributed by atoms with van der Waals surface area (Å²) in [7, 11) is 0. The number of carbonyl (C=O) groups is 3. The van der Waals surface area contributed by atoms with Crippen LogP contribution in [0.4, 0.5) is 0 Å². The molecule has 6 N–H and O–H groups in total. The van der Waals surface area contributed by atoms with Gasteiger partial charge in [-0.2, -0.15) is 35.3 Å². The van der Waals surface area contributed by atoms with Gasteiger partial charge in [-0.1, -0.05) is 0 Å². The van der Waals surface area contributed by atoms with Gasteiger partial charge in [0.25, 0.3) is 0 Å². The molecular formula is C15H30BiN3O6S3. The number of carboxylic acids is 3. The molecule has 0 fully saturated rings. The standard InChI is InChI=1S/3C5H11NO2S.Bi/c3*1-9-3-2-4(6)5(7)8;/h3*4H,2-3,6H2,1H3,(H,7,8);/q;;;+3/p-3/t3*4-;/m000./s1. The van der Waals surface area contributed by atoms with E-state index in [1.165, 1.54) is 0 Å². The summed E-state index contributed by atoms with van der Waals surface area (Å²) >= 11 is 4.73. The number of hydrogen-bond donors (Lipinski definition) is 3. The fourth-order valence-electron chi connectivity index (χ4n) is 1.09. The Hall–Kier alpha value is 0.223. The van der Waals surface area contributed by atoms with Crippen LogP contribution >= 0.6 is 35.3 Å². The van der Waals surface area contributed by atoms with Crippen molar-refractivity contribution in [3.05, 3.63) is 0 Å². The second kappa shape index (κ2) is 25.3. The molecule has 0 unspecified atom stereocenters. The van der Waals surface area contributed by atoms with E-state index < -0.39 is 36.0 Å². The van der Waals surface area contributed by atoms with Crippen molar-refractivity contribution in [1.82, 2.24) is 0 Å². The minimum absolute atomic E-state index is 0. The second-order valence-electron chi connectivity index (χ2n) is 5.12. The molecule has 0 aromatic rings. The zero-order chi connectivity index (χ0) is 21.8. The first-order valence-electron chi connectivity index (χ1n) is 7.91. The number of thioether (sulfide) groups is 3. The minimum Gasteiger partial charge on any atom is -0.548 e. The Morgan fingerprint density at radius 1 is 0.643 bits per heavy atom. The first-order valence-corrected chi connectivity index (χ1v) is 12.1. The van der Waals surface area contributed by atoms with Crippen LogP contribution in [0.25, 0.3) is 0 Å². The third-order valence-electron chi connectivity index (χ3n) is 2.81. The van der Waals surface area contributed by atoms with Crippen LogP contribution in [-0.4, -0.2) is 98.3 Å². The molecule has 28 heavy (non-hydrogen) atoms. The molecular weight excluding hydrogens is 623 g/mol. The van der Waals surface area contributed by atoms with E-state index in [0.29, 0.717) is 19.3 Å². The topological polar surface area (TPSA) is 198 Å². The van der Waals surface area contributed by atoms with Gasteiger partial charge in [0, 0.05) is 18.1 Å². The molecule has 0 amide bonds. The summed E-state index contributed by atoms with van der Waals surface area (Å²) in [5, 5.41) is 29.9. The maximum atomic E-state index is 9.96. The van der Waals surface area contributed by atoms with Crippen molar-refractivity contribution >= 4 is 79.4 Å². The zero-order valence-electron chi connectivity index (χ0n) is 16.3. The van der Waals surface area contributed by atoms with Gasteiger partial charge in [0.1, 0.15) is 0 Å². The van der Waals surface area contributed by atoms with E-state index >= 15 is 0 Å². The van der Waals surface area contributed by atoms with Gasteiger partial charge in [-0.25, -0.2) is 0 Å². The van der Waals surface area contributed by atoms with Crippen LogP contribution in [-0.2, 0) is 14.4 Å². The molecule has 2 radical (unpaired) electrons. The van der Waals surface area contributed by atoms with Crippen molar-refractivity contribution in [3.8, 4) is 0 Å². The summed E-state index contributed by atoms with van der Waals surface area (Å²) in [6.07, 6.45) is 7.18. The van der Waals surface area contributed by atoms with Crippen LogP contribution < -0.4 is 32.5 Å². The van der Waals surface area contributed by atoms with E-state index in [4.69, 9.17) is 17.2 Å². The Morgan fingerprint density at radius 3 is 0.929 bits per heavy atom. The van der Waals surface area contributed by atoms with Gasteiger partial charge in [-0.05, 0) is 55.3 Å². The average Bonchev–Trinajstić information content (AvgIpc) is 2.62. The Bertz CT molecular complexity index is 354. The number of nitrogens with two attached hydrogens (primary N) is 3. The number of hydrogen-bond acceptors (Lipinski definition) is 12. The van der Waals surface area contributed by atoms with E-state index in [-0.39, 0.29) is 26.2 Å². The molecule has 0 aromatic heterocycles. The minimum atomic E-state index is -1.16. The Labute approximate surface area is 198 Å². The molecule has 0 heterocycles. The van der Waals surface area contributed by atoms with Crippen molar-refractivity contribution in [2.24, 2.45) is 17.2 Å². The van der Waals surface area contributed by atoms with Gasteiger partial charge in [0.15, 0.2) is 0 Å². The van der Waals surface area contributed by atoms with Crippen LogP contribution in [0.1, 0.15) is 19.3 Å². The van der Waals surface area contributed by atoms with Crippen molar-refractivity contribution in [2.75, 3.05) is 36.0 Å². The summed E-state index contributed by atoms with van der Waals surface area (Å²) in [6.45, 7) is 0. The van der Waals surface area contributed by atoms with E-state index in [1.54, 1.807) is 35.3 Å². The largest absolute Gasteiger partial charge is 3.00 e. The Balaban J connectivity index is -0.000000152. The molecule has 0 saturated heterocycles. The van der Waals surface area contributed by atoms with E-state index in [0.717, 1.165) is 17.3 Å². The smallest absolute Gasteiger partial charge is 0.548 e. The molecule has 0 rings (SSSR count). The normalized spacial score (nSPS) is 12.6. The first kappa shape index (κ1) is 35.6. The van der Waals surface area contributed by atoms with Gasteiger partial charge in [-0.3, -0.25) is 0 Å². The summed E-state index contributed by atoms with van der Waals surface area (Å²) in [5.41, 5.74) is 15.4. The summed E-state index contributed by atoms with van der Waals surface area (Å²) in [6, 6.07) is -2.38. The summed E-state index contributed by atoms with van der Waals surface area (Å²) in [4.78, 5) is 29.9. The van der Waals surface area contributed by atoms with Crippen molar-refractivity contribution < 1.29 is 29.7 Å². The first-order chi connectivity index (χ1) is 12.5. The number of carboxylic acid groups (broad SMARTS) is 3. The molecule has 0 saturated carbocycles. The van der Waals surface area contributed by atoms with Gasteiger partial charge in [0.2, 0.25) is 0 Å². The number of aliphatic carboxylic acids is 3. The zero-order valence-corrected chi connectivity index (χ0v) is 22.3. The van der Waals surface area contributed by atoms with Crippen molar-refractivity contribution in [3.63, 3.8) is 0 Å². The molecule has 3 atom stereocenters. The SMILES string of the molecule is CSCC[C@H](N)C(=O)[O-].CSCC[C@H](N)C(=O)[O-].CSCC[C@H](N)C(=O)[O-].[Bi+3].